The molecule has 3 nitrogen and oxygen atoms in total. The molecule has 1 atom stereocenters. The fourth-order valence-corrected chi connectivity index (χ4v) is 4.87. The third kappa shape index (κ3) is 4.79. The predicted octanol–water partition coefficient (Wildman–Crippen LogP) is 5.40. The van der Waals surface area contributed by atoms with E-state index in [0.717, 1.165) is 29.5 Å². The third-order valence-electron chi connectivity index (χ3n) is 3.68. The van der Waals surface area contributed by atoms with E-state index in [0.29, 0.717) is 5.25 Å². The lowest BCUT2D eigenvalue weighted by atomic mass is 10.2. The molecule has 1 unspecified atom stereocenters. The quantitative estimate of drug-likeness (QED) is 0.491. The fraction of sp³-hybridized carbons (Fsp3) is 0.278. The number of hydrogen-bond donors (Lipinski definition) is 0. The van der Waals surface area contributed by atoms with Crippen LogP contribution in [0.1, 0.15) is 11.3 Å². The number of hydrogen-bond acceptors (Lipinski definition) is 4. The fourth-order valence-electron chi connectivity index (χ4n) is 2.50. The van der Waals surface area contributed by atoms with Gasteiger partial charge in [0.1, 0.15) is 5.75 Å². The van der Waals surface area contributed by atoms with Crippen LogP contribution in [-0.2, 0) is 13.0 Å². The van der Waals surface area contributed by atoms with E-state index < -0.39 is 0 Å². The summed E-state index contributed by atoms with van der Waals surface area (Å²) < 4.78 is 8.48. The number of para-hydroxylation sites is 1. The smallest absolute Gasteiger partial charge is 0.132 e. The Morgan fingerprint density at radius 1 is 1.29 bits per heavy atom. The van der Waals surface area contributed by atoms with Crippen molar-refractivity contribution in [3.63, 3.8) is 0 Å². The third-order valence-corrected chi connectivity index (χ3v) is 6.28. The van der Waals surface area contributed by atoms with Crippen molar-refractivity contribution in [2.45, 2.75) is 29.5 Å². The SMILES string of the molecule is COc1ccccc1SC(CCc1ccc(Cl)s1)Cn1ccnc1. The standard InChI is InChI=1S/C18H19ClN2OS2/c1-22-16-4-2-3-5-17(16)23-15(12-21-11-10-20-13-21)7-6-14-8-9-18(19)24-14/h2-5,8-11,13,15H,6-7,12H2,1H3. The van der Waals surface area contributed by atoms with Gasteiger partial charge in [0.15, 0.2) is 0 Å². The Morgan fingerprint density at radius 2 is 2.17 bits per heavy atom. The van der Waals surface area contributed by atoms with Gasteiger partial charge in [-0.1, -0.05) is 23.7 Å². The molecule has 0 fully saturated rings. The molecule has 0 N–H and O–H groups in total. The molecule has 0 saturated heterocycles. The van der Waals surface area contributed by atoms with Crippen LogP contribution < -0.4 is 4.74 Å². The van der Waals surface area contributed by atoms with E-state index in [1.165, 1.54) is 9.77 Å². The summed E-state index contributed by atoms with van der Waals surface area (Å²) in [6.07, 6.45) is 7.80. The van der Waals surface area contributed by atoms with Crippen LogP contribution in [0.15, 0.2) is 60.0 Å². The second-order valence-corrected chi connectivity index (χ2v) is 8.54. The summed E-state index contributed by atoms with van der Waals surface area (Å²) in [5, 5.41) is 0.427. The number of aryl methyl sites for hydroxylation is 1. The molecule has 0 aliphatic carbocycles. The van der Waals surface area contributed by atoms with Gasteiger partial charge in [-0.05, 0) is 37.1 Å². The van der Waals surface area contributed by atoms with E-state index in [2.05, 4.69) is 27.8 Å². The van der Waals surface area contributed by atoms with E-state index >= 15 is 0 Å². The Hall–Kier alpha value is -1.43. The maximum absolute atomic E-state index is 6.04. The Kier molecular flexibility index (Phi) is 6.24. The lowest BCUT2D eigenvalue weighted by molar-refractivity contribution is 0.404. The monoisotopic (exact) mass is 378 g/mol. The molecule has 3 rings (SSSR count). The molecule has 0 amide bonds. The van der Waals surface area contributed by atoms with Crippen molar-refractivity contribution in [3.05, 3.63) is 64.3 Å². The number of rotatable bonds is 8. The van der Waals surface area contributed by atoms with Crippen molar-refractivity contribution in [2.24, 2.45) is 0 Å². The van der Waals surface area contributed by atoms with Crippen molar-refractivity contribution in [2.75, 3.05) is 7.11 Å². The molecule has 0 bridgehead atoms. The molecule has 0 spiro atoms. The van der Waals surface area contributed by atoms with Gasteiger partial charge in [-0.3, -0.25) is 0 Å². The second kappa shape index (κ2) is 8.60. The molecule has 6 heteroatoms. The number of methoxy groups -OCH3 is 1. The van der Waals surface area contributed by atoms with Crippen LogP contribution in [-0.4, -0.2) is 21.9 Å². The minimum Gasteiger partial charge on any atom is -0.496 e. The predicted molar refractivity (Wildman–Crippen MR) is 103 cm³/mol. The molecule has 1 aromatic carbocycles. The number of imidazole rings is 1. The van der Waals surface area contributed by atoms with Gasteiger partial charge >= 0.3 is 0 Å². The summed E-state index contributed by atoms with van der Waals surface area (Å²) in [5.74, 6) is 0.928. The zero-order valence-electron chi connectivity index (χ0n) is 13.4. The number of thiophene rings is 1. The van der Waals surface area contributed by atoms with Crippen LogP contribution in [0.2, 0.25) is 4.34 Å². The highest BCUT2D eigenvalue weighted by molar-refractivity contribution is 8.00. The molecule has 2 aromatic heterocycles. The van der Waals surface area contributed by atoms with E-state index in [1.807, 2.05) is 48.7 Å². The van der Waals surface area contributed by atoms with Gasteiger partial charge in [-0.15, -0.1) is 23.1 Å². The van der Waals surface area contributed by atoms with Gasteiger partial charge in [-0.25, -0.2) is 4.98 Å². The van der Waals surface area contributed by atoms with Crippen molar-refractivity contribution >= 4 is 34.7 Å². The molecule has 0 aliphatic heterocycles. The van der Waals surface area contributed by atoms with E-state index in [-0.39, 0.29) is 0 Å². The van der Waals surface area contributed by atoms with Crippen LogP contribution >= 0.6 is 34.7 Å². The molecule has 0 aliphatic rings. The van der Waals surface area contributed by atoms with Crippen molar-refractivity contribution in [1.29, 1.82) is 0 Å². The summed E-state index contributed by atoms with van der Waals surface area (Å²) in [5.41, 5.74) is 0. The summed E-state index contributed by atoms with van der Waals surface area (Å²) in [6.45, 7) is 0.918. The van der Waals surface area contributed by atoms with Crippen LogP contribution in [0.5, 0.6) is 5.75 Å². The van der Waals surface area contributed by atoms with Crippen molar-refractivity contribution < 1.29 is 4.74 Å². The normalized spacial score (nSPS) is 12.2. The highest BCUT2D eigenvalue weighted by atomic mass is 35.5. The summed E-state index contributed by atoms with van der Waals surface area (Å²) in [4.78, 5) is 6.66. The molecular weight excluding hydrogens is 360 g/mol. The first-order valence-electron chi connectivity index (χ1n) is 7.74. The lowest BCUT2D eigenvalue weighted by Gasteiger charge is -2.18. The number of aromatic nitrogens is 2. The minimum absolute atomic E-state index is 0.427. The van der Waals surface area contributed by atoms with Crippen LogP contribution in [0.25, 0.3) is 0 Å². The van der Waals surface area contributed by atoms with Gasteiger partial charge in [0.05, 0.1) is 17.8 Å². The van der Waals surface area contributed by atoms with Crippen molar-refractivity contribution in [3.8, 4) is 5.75 Å². The maximum atomic E-state index is 6.04. The highest BCUT2D eigenvalue weighted by Crippen LogP contribution is 2.35. The minimum atomic E-state index is 0.427. The van der Waals surface area contributed by atoms with Crippen LogP contribution in [0.3, 0.4) is 0 Å². The van der Waals surface area contributed by atoms with Gasteiger partial charge in [0.25, 0.3) is 0 Å². The average molecular weight is 379 g/mol. The average Bonchev–Trinajstić information content (AvgIpc) is 3.25. The van der Waals surface area contributed by atoms with Crippen LogP contribution in [0, 0.1) is 0 Å². The Bertz CT molecular complexity index is 758. The number of halogens is 1. The van der Waals surface area contributed by atoms with Gasteiger partial charge in [-0.2, -0.15) is 0 Å². The first-order valence-corrected chi connectivity index (χ1v) is 9.81. The number of nitrogens with zero attached hydrogens (tertiary/aromatic N) is 2. The summed E-state index contributed by atoms with van der Waals surface area (Å²) in [7, 11) is 1.72. The molecule has 3 aromatic rings. The van der Waals surface area contributed by atoms with E-state index in [1.54, 1.807) is 18.4 Å². The molecule has 24 heavy (non-hydrogen) atoms. The lowest BCUT2D eigenvalue weighted by Crippen LogP contribution is -2.13. The Balaban J connectivity index is 1.71. The molecule has 0 radical (unpaired) electrons. The molecule has 0 saturated carbocycles. The number of benzene rings is 1. The molecule has 2 heterocycles. The first-order chi connectivity index (χ1) is 11.7. The Labute approximate surface area is 155 Å². The number of thioether (sulfide) groups is 1. The molecule has 126 valence electrons. The topological polar surface area (TPSA) is 27.1 Å². The first kappa shape index (κ1) is 17.4. The maximum Gasteiger partial charge on any atom is 0.132 e. The largest absolute Gasteiger partial charge is 0.496 e. The van der Waals surface area contributed by atoms with Gasteiger partial charge in [0.2, 0.25) is 0 Å². The summed E-state index contributed by atoms with van der Waals surface area (Å²) in [6, 6.07) is 12.3. The highest BCUT2D eigenvalue weighted by Gasteiger charge is 2.15. The van der Waals surface area contributed by atoms with Crippen LogP contribution in [0.4, 0.5) is 0 Å². The number of ether oxygens (including phenoxy) is 1. The van der Waals surface area contributed by atoms with Gasteiger partial charge < -0.3 is 9.30 Å². The zero-order valence-corrected chi connectivity index (χ0v) is 15.8. The molecular formula is C18H19ClN2OS2. The van der Waals surface area contributed by atoms with E-state index in [9.17, 15) is 0 Å². The zero-order chi connectivity index (χ0) is 16.8. The summed E-state index contributed by atoms with van der Waals surface area (Å²) >= 11 is 9.57. The second-order valence-electron chi connectivity index (χ2n) is 5.39. The van der Waals surface area contributed by atoms with E-state index in [4.69, 9.17) is 16.3 Å². The Morgan fingerprint density at radius 3 is 2.88 bits per heavy atom. The van der Waals surface area contributed by atoms with Crippen molar-refractivity contribution in [1.82, 2.24) is 9.55 Å². The van der Waals surface area contributed by atoms with Gasteiger partial charge in [0, 0.05) is 34.0 Å².